The van der Waals surface area contributed by atoms with Gasteiger partial charge >= 0.3 is 0 Å². The molecule has 0 unspecified atom stereocenters. The van der Waals surface area contributed by atoms with Gasteiger partial charge in [-0.3, -0.25) is 0 Å². The standard InChI is InChI=1S/C6H12O4/c7-5(8)3-1-2-4-6(5,9)10/h7-10H,1-4H2. The van der Waals surface area contributed by atoms with Crippen LogP contribution in [0.1, 0.15) is 25.7 Å². The van der Waals surface area contributed by atoms with Gasteiger partial charge in [-0.2, -0.15) is 0 Å². The Kier molecular flexibility index (Phi) is 1.72. The predicted octanol–water partition coefficient (Wildman–Crippen LogP) is -1.08. The van der Waals surface area contributed by atoms with Gasteiger partial charge in [0.2, 0.25) is 11.6 Å². The third-order valence-corrected chi connectivity index (χ3v) is 1.94. The van der Waals surface area contributed by atoms with Crippen LogP contribution in [0.15, 0.2) is 0 Å². The van der Waals surface area contributed by atoms with Crippen LogP contribution in [-0.2, 0) is 0 Å². The van der Waals surface area contributed by atoms with E-state index in [2.05, 4.69) is 0 Å². The second-order valence-corrected chi connectivity index (χ2v) is 2.84. The molecule has 0 saturated heterocycles. The highest BCUT2D eigenvalue weighted by Crippen LogP contribution is 2.32. The van der Waals surface area contributed by atoms with Crippen molar-refractivity contribution in [2.75, 3.05) is 0 Å². The molecular formula is C6H12O4. The lowest BCUT2D eigenvalue weighted by Gasteiger charge is -2.38. The van der Waals surface area contributed by atoms with Gasteiger partial charge in [-0.1, -0.05) is 0 Å². The van der Waals surface area contributed by atoms with E-state index in [1.807, 2.05) is 0 Å². The van der Waals surface area contributed by atoms with Crippen molar-refractivity contribution >= 4 is 0 Å². The summed E-state index contributed by atoms with van der Waals surface area (Å²) in [5.74, 6) is -4.63. The van der Waals surface area contributed by atoms with Crippen LogP contribution in [0.3, 0.4) is 0 Å². The minimum atomic E-state index is -2.31. The SMILES string of the molecule is OC1(O)CCCCC1(O)O. The molecule has 0 aromatic rings. The molecule has 1 saturated carbocycles. The van der Waals surface area contributed by atoms with Gasteiger partial charge in [0, 0.05) is 12.8 Å². The minimum Gasteiger partial charge on any atom is -0.361 e. The maximum Gasteiger partial charge on any atom is 0.218 e. The van der Waals surface area contributed by atoms with Crippen LogP contribution in [-0.4, -0.2) is 32.0 Å². The van der Waals surface area contributed by atoms with E-state index in [1.54, 1.807) is 0 Å². The molecule has 60 valence electrons. The maximum atomic E-state index is 8.96. The highest BCUT2D eigenvalue weighted by molar-refractivity contribution is 4.85. The van der Waals surface area contributed by atoms with Crippen molar-refractivity contribution in [3.63, 3.8) is 0 Å². The van der Waals surface area contributed by atoms with Crippen molar-refractivity contribution in [3.8, 4) is 0 Å². The van der Waals surface area contributed by atoms with E-state index in [-0.39, 0.29) is 12.8 Å². The lowest BCUT2D eigenvalue weighted by atomic mass is 9.88. The molecule has 4 nitrogen and oxygen atoms in total. The van der Waals surface area contributed by atoms with Crippen LogP contribution in [0.4, 0.5) is 0 Å². The quantitative estimate of drug-likeness (QED) is 0.329. The Morgan fingerprint density at radius 2 is 1.00 bits per heavy atom. The fourth-order valence-corrected chi connectivity index (χ4v) is 1.14. The maximum absolute atomic E-state index is 8.96. The summed E-state index contributed by atoms with van der Waals surface area (Å²) in [5, 5.41) is 35.8. The summed E-state index contributed by atoms with van der Waals surface area (Å²) in [6.07, 6.45) is 1.30. The molecule has 0 spiro atoms. The molecule has 0 amide bonds. The summed E-state index contributed by atoms with van der Waals surface area (Å²) in [5.41, 5.74) is 0. The van der Waals surface area contributed by atoms with Crippen molar-refractivity contribution < 1.29 is 20.4 Å². The molecule has 0 atom stereocenters. The predicted molar refractivity (Wildman–Crippen MR) is 32.8 cm³/mol. The zero-order valence-electron chi connectivity index (χ0n) is 5.62. The number of rotatable bonds is 0. The summed E-state index contributed by atoms with van der Waals surface area (Å²) in [4.78, 5) is 0. The third-order valence-electron chi connectivity index (χ3n) is 1.94. The zero-order chi connectivity index (χ0) is 7.83. The van der Waals surface area contributed by atoms with E-state index in [0.29, 0.717) is 12.8 Å². The Morgan fingerprint density at radius 3 is 1.20 bits per heavy atom. The summed E-state index contributed by atoms with van der Waals surface area (Å²) in [6, 6.07) is 0. The summed E-state index contributed by atoms with van der Waals surface area (Å²) >= 11 is 0. The minimum absolute atomic E-state index is 0.0278. The Bertz CT molecular complexity index is 114. The van der Waals surface area contributed by atoms with E-state index < -0.39 is 11.6 Å². The molecule has 0 aromatic heterocycles. The lowest BCUT2D eigenvalue weighted by Crippen LogP contribution is -2.56. The lowest BCUT2D eigenvalue weighted by molar-refractivity contribution is -0.370. The smallest absolute Gasteiger partial charge is 0.218 e. The van der Waals surface area contributed by atoms with Crippen molar-refractivity contribution in [2.45, 2.75) is 37.3 Å². The second kappa shape index (κ2) is 2.17. The Labute approximate surface area is 58.7 Å². The highest BCUT2D eigenvalue weighted by atomic mass is 16.6. The summed E-state index contributed by atoms with van der Waals surface area (Å²) in [7, 11) is 0. The van der Waals surface area contributed by atoms with Gasteiger partial charge < -0.3 is 20.4 Å². The van der Waals surface area contributed by atoms with Crippen LogP contribution >= 0.6 is 0 Å². The number of hydrogen-bond donors (Lipinski definition) is 4. The van der Waals surface area contributed by atoms with Crippen LogP contribution in [0.2, 0.25) is 0 Å². The second-order valence-electron chi connectivity index (χ2n) is 2.84. The van der Waals surface area contributed by atoms with Gasteiger partial charge in [0.05, 0.1) is 0 Å². The van der Waals surface area contributed by atoms with Crippen molar-refractivity contribution in [1.82, 2.24) is 0 Å². The zero-order valence-corrected chi connectivity index (χ0v) is 5.62. The van der Waals surface area contributed by atoms with Crippen molar-refractivity contribution in [2.24, 2.45) is 0 Å². The molecule has 0 radical (unpaired) electrons. The largest absolute Gasteiger partial charge is 0.361 e. The van der Waals surface area contributed by atoms with E-state index in [1.165, 1.54) is 0 Å². The van der Waals surface area contributed by atoms with E-state index >= 15 is 0 Å². The van der Waals surface area contributed by atoms with E-state index in [4.69, 9.17) is 20.4 Å². The molecule has 1 aliphatic carbocycles. The molecule has 4 N–H and O–H groups in total. The first-order valence-electron chi connectivity index (χ1n) is 3.35. The molecule has 0 heterocycles. The molecule has 1 rings (SSSR count). The molecule has 1 fully saturated rings. The molecule has 0 aliphatic heterocycles. The van der Waals surface area contributed by atoms with Crippen LogP contribution in [0.5, 0.6) is 0 Å². The topological polar surface area (TPSA) is 80.9 Å². The molecule has 0 aromatic carbocycles. The molecular weight excluding hydrogens is 136 g/mol. The normalized spacial score (nSPS) is 30.0. The van der Waals surface area contributed by atoms with Crippen molar-refractivity contribution in [1.29, 1.82) is 0 Å². The summed E-state index contributed by atoms with van der Waals surface area (Å²) < 4.78 is 0. The van der Waals surface area contributed by atoms with Gasteiger partial charge in [-0.25, -0.2) is 0 Å². The van der Waals surface area contributed by atoms with Gasteiger partial charge in [0.25, 0.3) is 0 Å². The molecule has 0 bridgehead atoms. The average molecular weight is 148 g/mol. The van der Waals surface area contributed by atoms with Gasteiger partial charge in [-0.15, -0.1) is 0 Å². The van der Waals surface area contributed by atoms with Crippen molar-refractivity contribution in [3.05, 3.63) is 0 Å². The van der Waals surface area contributed by atoms with Crippen LogP contribution in [0, 0.1) is 0 Å². The van der Waals surface area contributed by atoms with Crippen LogP contribution < -0.4 is 0 Å². The van der Waals surface area contributed by atoms with E-state index in [0.717, 1.165) is 0 Å². The first-order valence-corrected chi connectivity index (χ1v) is 3.35. The highest BCUT2D eigenvalue weighted by Gasteiger charge is 2.48. The first-order chi connectivity index (χ1) is 4.46. The number of hydrogen-bond acceptors (Lipinski definition) is 4. The van der Waals surface area contributed by atoms with Gasteiger partial charge in [0.15, 0.2) is 0 Å². The first kappa shape index (κ1) is 7.94. The fraction of sp³-hybridized carbons (Fsp3) is 1.00. The van der Waals surface area contributed by atoms with E-state index in [9.17, 15) is 0 Å². The Morgan fingerprint density at radius 1 is 0.700 bits per heavy atom. The average Bonchev–Trinajstić information content (AvgIpc) is 1.77. The van der Waals surface area contributed by atoms with Crippen LogP contribution in [0.25, 0.3) is 0 Å². The van der Waals surface area contributed by atoms with Gasteiger partial charge in [-0.05, 0) is 12.8 Å². The summed E-state index contributed by atoms with van der Waals surface area (Å²) in [6.45, 7) is 0. The third kappa shape index (κ3) is 1.15. The fourth-order valence-electron chi connectivity index (χ4n) is 1.14. The molecule has 1 aliphatic rings. The molecule has 4 heteroatoms. The Hall–Kier alpha value is -0.160. The monoisotopic (exact) mass is 148 g/mol. The molecule has 10 heavy (non-hydrogen) atoms. The Balaban J connectivity index is 2.70. The van der Waals surface area contributed by atoms with Gasteiger partial charge in [0.1, 0.15) is 0 Å². The number of aliphatic hydroxyl groups is 4.